The van der Waals surface area contributed by atoms with Crippen LogP contribution in [0.5, 0.6) is 0 Å². The van der Waals surface area contributed by atoms with E-state index in [2.05, 4.69) is 20.2 Å². The summed E-state index contributed by atoms with van der Waals surface area (Å²) in [4.78, 5) is 6.38. The van der Waals surface area contributed by atoms with Crippen LogP contribution in [0.15, 0.2) is 39.9 Å². The molecule has 0 aliphatic heterocycles. The normalized spacial score (nSPS) is 12.9. The minimum absolute atomic E-state index is 0.365. The molecule has 0 unspecified atom stereocenters. The second kappa shape index (κ2) is 7.34. The molecule has 7 nitrogen and oxygen atoms in total. The summed E-state index contributed by atoms with van der Waals surface area (Å²) in [5.74, 6) is -1.64. The van der Waals surface area contributed by atoms with Gasteiger partial charge in [-0.05, 0) is 18.2 Å². The zero-order valence-electron chi connectivity index (χ0n) is 14.8. The van der Waals surface area contributed by atoms with Crippen molar-refractivity contribution in [1.82, 2.24) is 20.2 Å². The molecule has 0 saturated heterocycles. The summed E-state index contributed by atoms with van der Waals surface area (Å²) in [6.45, 7) is 1.21. The largest absolute Gasteiger partial charge is 0.417 e. The molecule has 0 atom stereocenters. The van der Waals surface area contributed by atoms with Gasteiger partial charge in [0.25, 0.3) is 11.8 Å². The first-order valence-electron chi connectivity index (χ1n) is 8.00. The number of hydrogen-bond acceptors (Lipinski definition) is 7. The zero-order valence-corrected chi connectivity index (χ0v) is 15.6. The number of nitrogens with zero attached hydrogens (tertiary/aromatic N) is 4. The van der Waals surface area contributed by atoms with E-state index >= 15 is 0 Å². The fourth-order valence-corrected chi connectivity index (χ4v) is 3.35. The first kappa shape index (κ1) is 21.7. The number of hydrogen-bond donors (Lipinski definition) is 0. The predicted molar refractivity (Wildman–Crippen MR) is 88.5 cm³/mol. The van der Waals surface area contributed by atoms with Gasteiger partial charge in [0, 0.05) is 12.4 Å². The van der Waals surface area contributed by atoms with E-state index in [4.69, 9.17) is 4.42 Å². The fourth-order valence-electron chi connectivity index (χ4n) is 2.30. The van der Waals surface area contributed by atoms with Gasteiger partial charge in [-0.3, -0.25) is 4.98 Å². The maximum Gasteiger partial charge on any atom is 0.417 e. The molecule has 0 aliphatic rings. The molecule has 3 aromatic heterocycles. The molecule has 30 heavy (non-hydrogen) atoms. The number of pyridine rings is 2. The average molecular weight is 452 g/mol. The molecule has 0 radical (unpaired) electrons. The Hall–Kier alpha value is -3.03. The highest BCUT2D eigenvalue weighted by Gasteiger charge is 2.35. The van der Waals surface area contributed by atoms with Crippen LogP contribution in [0, 0.1) is 0 Å². The van der Waals surface area contributed by atoms with E-state index in [0.717, 1.165) is 6.20 Å². The molecule has 3 aromatic rings. The highest BCUT2D eigenvalue weighted by molar-refractivity contribution is 7.91. The van der Waals surface area contributed by atoms with Gasteiger partial charge in [-0.15, -0.1) is 10.2 Å². The molecule has 0 N–H and O–H groups in total. The minimum atomic E-state index is -4.86. The highest BCUT2D eigenvalue weighted by Crippen LogP contribution is 2.35. The van der Waals surface area contributed by atoms with Gasteiger partial charge in [-0.25, -0.2) is 13.4 Å². The van der Waals surface area contributed by atoms with Crippen LogP contribution in [0.3, 0.4) is 0 Å². The maximum absolute atomic E-state index is 13.0. The summed E-state index contributed by atoms with van der Waals surface area (Å²) in [6, 6.07) is 1.72. The fraction of sp³-hybridized carbons (Fsp3) is 0.250. The molecule has 0 fully saturated rings. The van der Waals surface area contributed by atoms with Crippen molar-refractivity contribution in [3.8, 4) is 23.2 Å². The van der Waals surface area contributed by atoms with Crippen molar-refractivity contribution < 1.29 is 39.2 Å². The van der Waals surface area contributed by atoms with E-state index in [0.29, 0.717) is 24.4 Å². The molecule has 160 valence electrons. The number of halogens is 6. The summed E-state index contributed by atoms with van der Waals surface area (Å²) >= 11 is 0. The van der Waals surface area contributed by atoms with E-state index in [1.54, 1.807) is 0 Å². The quantitative estimate of drug-likeness (QED) is 0.552. The lowest BCUT2D eigenvalue weighted by Crippen LogP contribution is -2.12. The highest BCUT2D eigenvalue weighted by atomic mass is 32.2. The van der Waals surface area contributed by atoms with Crippen molar-refractivity contribution in [3.05, 3.63) is 41.7 Å². The van der Waals surface area contributed by atoms with E-state index in [-0.39, 0.29) is 5.69 Å². The average Bonchev–Trinajstić information content (AvgIpc) is 3.16. The maximum atomic E-state index is 13.0. The lowest BCUT2D eigenvalue weighted by atomic mass is 10.2. The summed E-state index contributed by atoms with van der Waals surface area (Å²) in [5.41, 5.74) is -3.28. The van der Waals surface area contributed by atoms with E-state index in [9.17, 15) is 34.8 Å². The second-order valence-corrected chi connectivity index (χ2v) is 8.06. The Bertz CT molecular complexity index is 1190. The van der Waals surface area contributed by atoms with Gasteiger partial charge in [0.1, 0.15) is 11.4 Å². The second-order valence-electron chi connectivity index (χ2n) is 5.81. The minimum Gasteiger partial charge on any atom is -0.413 e. The topological polar surface area (TPSA) is 98.8 Å². The van der Waals surface area contributed by atoms with Gasteiger partial charge in [0.05, 0.1) is 21.8 Å². The summed E-state index contributed by atoms with van der Waals surface area (Å²) < 4.78 is 107. The Morgan fingerprint density at radius 2 is 1.57 bits per heavy atom. The van der Waals surface area contributed by atoms with Crippen molar-refractivity contribution >= 4 is 9.84 Å². The molecular formula is C16H10F6N4O3S. The van der Waals surface area contributed by atoms with Crippen molar-refractivity contribution in [2.24, 2.45) is 0 Å². The Balaban J connectivity index is 2.12. The monoisotopic (exact) mass is 452 g/mol. The third-order valence-electron chi connectivity index (χ3n) is 3.83. The third-order valence-corrected chi connectivity index (χ3v) is 5.57. The van der Waals surface area contributed by atoms with Crippen LogP contribution in [0.4, 0.5) is 26.3 Å². The molecule has 14 heteroatoms. The lowest BCUT2D eigenvalue weighted by Gasteiger charge is -2.10. The van der Waals surface area contributed by atoms with Crippen molar-refractivity contribution in [2.45, 2.75) is 24.2 Å². The van der Waals surface area contributed by atoms with Gasteiger partial charge < -0.3 is 4.42 Å². The summed E-state index contributed by atoms with van der Waals surface area (Å²) in [6.07, 6.45) is -8.29. The van der Waals surface area contributed by atoms with E-state index < -0.39 is 61.4 Å². The number of rotatable bonds is 4. The summed E-state index contributed by atoms with van der Waals surface area (Å²) in [5, 5.41) is 7.01. The smallest absolute Gasteiger partial charge is 0.413 e. The molecule has 0 amide bonds. The standard InChI is InChI=1S/C16H10F6N4O3S/c1-2-30(27,28)11-6-9(16(20,21)22)7-24-12(11)14-26-25-13(29-14)10-5-8(3-4-23-10)15(17,18)19/h3-7H,2H2,1H3. The Morgan fingerprint density at radius 3 is 2.17 bits per heavy atom. The molecule has 0 aliphatic carbocycles. The SMILES string of the molecule is CCS(=O)(=O)c1cc(C(F)(F)F)cnc1-c1nnc(-c2cc(C(F)(F)F)ccn2)o1. The first-order chi connectivity index (χ1) is 13.8. The molecular weight excluding hydrogens is 442 g/mol. The Morgan fingerprint density at radius 1 is 0.933 bits per heavy atom. The molecule has 3 rings (SSSR count). The number of aromatic nitrogens is 4. The van der Waals surface area contributed by atoms with Crippen molar-refractivity contribution in [3.63, 3.8) is 0 Å². The molecule has 0 aromatic carbocycles. The van der Waals surface area contributed by atoms with Crippen LogP contribution in [0.1, 0.15) is 18.1 Å². The molecule has 0 spiro atoms. The van der Waals surface area contributed by atoms with Crippen LogP contribution >= 0.6 is 0 Å². The van der Waals surface area contributed by atoms with Crippen LogP contribution in [-0.4, -0.2) is 34.3 Å². The van der Waals surface area contributed by atoms with Gasteiger partial charge in [-0.2, -0.15) is 26.3 Å². The van der Waals surface area contributed by atoms with Crippen molar-refractivity contribution in [1.29, 1.82) is 0 Å². The van der Waals surface area contributed by atoms with Crippen LogP contribution < -0.4 is 0 Å². The van der Waals surface area contributed by atoms with Crippen LogP contribution in [0.25, 0.3) is 23.2 Å². The third kappa shape index (κ3) is 4.27. The Kier molecular flexibility index (Phi) is 5.30. The van der Waals surface area contributed by atoms with Gasteiger partial charge in [-0.1, -0.05) is 6.92 Å². The van der Waals surface area contributed by atoms with Crippen LogP contribution in [-0.2, 0) is 22.2 Å². The zero-order chi connectivity index (χ0) is 22.3. The van der Waals surface area contributed by atoms with Gasteiger partial charge >= 0.3 is 12.4 Å². The van der Waals surface area contributed by atoms with Gasteiger partial charge in [0.2, 0.25) is 0 Å². The lowest BCUT2D eigenvalue weighted by molar-refractivity contribution is -0.138. The van der Waals surface area contributed by atoms with E-state index in [1.807, 2.05) is 0 Å². The molecule has 0 saturated carbocycles. The number of sulfone groups is 1. The molecule has 0 bridgehead atoms. The van der Waals surface area contributed by atoms with E-state index in [1.165, 1.54) is 6.92 Å². The van der Waals surface area contributed by atoms with Crippen LogP contribution in [0.2, 0.25) is 0 Å². The van der Waals surface area contributed by atoms with Gasteiger partial charge in [0.15, 0.2) is 9.84 Å². The number of alkyl halides is 6. The summed E-state index contributed by atoms with van der Waals surface area (Å²) in [7, 11) is -4.20. The Labute approximate surface area is 164 Å². The molecule has 3 heterocycles. The van der Waals surface area contributed by atoms with Crippen molar-refractivity contribution in [2.75, 3.05) is 5.75 Å². The first-order valence-corrected chi connectivity index (χ1v) is 9.65. The predicted octanol–water partition coefficient (Wildman–Crippen LogP) is 4.02.